The van der Waals surface area contributed by atoms with Gasteiger partial charge >= 0.3 is 12.4 Å². The molecule has 2 aliphatic rings. The number of aromatic nitrogens is 2. The van der Waals surface area contributed by atoms with Gasteiger partial charge in [0.1, 0.15) is 17.5 Å². The number of imide groups is 1. The normalized spacial score (nSPS) is 21.1. The first-order valence-corrected chi connectivity index (χ1v) is 9.30. The third-order valence-electron chi connectivity index (χ3n) is 5.00. The topological polar surface area (TPSA) is 105 Å². The summed E-state index contributed by atoms with van der Waals surface area (Å²) in [6, 6.07) is 2.80. The summed E-state index contributed by atoms with van der Waals surface area (Å²) in [6.45, 7) is 0.242. The van der Waals surface area contributed by atoms with Gasteiger partial charge in [0, 0.05) is 25.0 Å². The van der Waals surface area contributed by atoms with Crippen molar-refractivity contribution in [3.63, 3.8) is 0 Å². The molecule has 0 spiro atoms. The number of piperidine rings is 1. The van der Waals surface area contributed by atoms with Gasteiger partial charge in [-0.15, -0.1) is 13.2 Å². The molecule has 2 aromatic rings. The van der Waals surface area contributed by atoms with E-state index in [4.69, 9.17) is 0 Å². The molecule has 31 heavy (non-hydrogen) atoms. The number of carbonyl (C=O) groups is 3. The zero-order chi connectivity index (χ0) is 22.2. The number of ether oxygens (including phenoxy) is 1. The van der Waals surface area contributed by atoms with Crippen LogP contribution in [0.5, 0.6) is 5.75 Å². The number of hydrogen-bond donors (Lipinski definition) is 1. The highest BCUT2D eigenvalue weighted by atomic mass is 19.4. The Morgan fingerprint density at radius 3 is 2.55 bits per heavy atom. The molecule has 0 radical (unpaired) electrons. The van der Waals surface area contributed by atoms with Crippen LogP contribution in [0.1, 0.15) is 23.3 Å². The predicted octanol–water partition coefficient (Wildman–Crippen LogP) is 2.10. The standard InChI is InChI=1S/C19H16F3N5O4/c20-19(21,22)31-13-3-1-12(2-4-13)27-17(29)15-9-11(5-8-26(15)18(27)30)25-16(28)14-10-23-6-7-24-14/h1-4,6-7,10-11,15H,5,8-9H2,(H,25,28)/t11-,15+/m0/s1. The van der Waals surface area contributed by atoms with Crippen molar-refractivity contribution in [2.75, 3.05) is 11.4 Å². The summed E-state index contributed by atoms with van der Waals surface area (Å²) in [5.74, 6) is -1.40. The smallest absolute Gasteiger partial charge is 0.406 e. The Morgan fingerprint density at radius 2 is 1.90 bits per heavy atom. The lowest BCUT2D eigenvalue weighted by Gasteiger charge is -2.32. The zero-order valence-corrected chi connectivity index (χ0v) is 15.9. The van der Waals surface area contributed by atoms with Gasteiger partial charge < -0.3 is 15.0 Å². The molecule has 0 aliphatic carbocycles. The third kappa shape index (κ3) is 4.27. The molecule has 2 aliphatic heterocycles. The second kappa shape index (κ2) is 7.85. The van der Waals surface area contributed by atoms with E-state index >= 15 is 0 Å². The first kappa shape index (κ1) is 20.6. The Balaban J connectivity index is 1.45. The molecule has 0 bridgehead atoms. The molecule has 4 amide bonds. The molecule has 2 fully saturated rings. The molecule has 1 N–H and O–H groups in total. The van der Waals surface area contributed by atoms with E-state index in [1.807, 2.05) is 0 Å². The van der Waals surface area contributed by atoms with E-state index < -0.39 is 36.0 Å². The number of amides is 4. The molecule has 9 nitrogen and oxygen atoms in total. The van der Waals surface area contributed by atoms with E-state index in [2.05, 4.69) is 20.0 Å². The fourth-order valence-corrected chi connectivity index (χ4v) is 3.64. The average Bonchev–Trinajstić information content (AvgIpc) is 2.98. The van der Waals surface area contributed by atoms with Crippen molar-refractivity contribution < 1.29 is 32.3 Å². The van der Waals surface area contributed by atoms with Gasteiger partial charge in [0.2, 0.25) is 0 Å². The van der Waals surface area contributed by atoms with Crippen LogP contribution in [0, 0.1) is 0 Å². The molecular weight excluding hydrogens is 419 g/mol. The van der Waals surface area contributed by atoms with E-state index in [9.17, 15) is 27.6 Å². The van der Waals surface area contributed by atoms with Crippen LogP contribution in [0.25, 0.3) is 0 Å². The second-order valence-corrected chi connectivity index (χ2v) is 6.99. The predicted molar refractivity (Wildman–Crippen MR) is 99.0 cm³/mol. The molecule has 1 aromatic carbocycles. The van der Waals surface area contributed by atoms with Gasteiger partial charge in [-0.1, -0.05) is 0 Å². The summed E-state index contributed by atoms with van der Waals surface area (Å²) in [6.07, 6.45) is -0.0427. The van der Waals surface area contributed by atoms with Crippen LogP contribution in [0.15, 0.2) is 42.9 Å². The van der Waals surface area contributed by atoms with Gasteiger partial charge in [-0.25, -0.2) is 14.7 Å². The number of alkyl halides is 3. The van der Waals surface area contributed by atoms with Gasteiger partial charge in [0.05, 0.1) is 11.9 Å². The van der Waals surface area contributed by atoms with Crippen LogP contribution in [0.2, 0.25) is 0 Å². The van der Waals surface area contributed by atoms with Crippen LogP contribution >= 0.6 is 0 Å². The van der Waals surface area contributed by atoms with Gasteiger partial charge in [-0.05, 0) is 37.1 Å². The molecule has 12 heteroatoms. The maximum Gasteiger partial charge on any atom is 0.573 e. The Bertz CT molecular complexity index is 1000. The Kier molecular flexibility index (Phi) is 5.21. The molecule has 162 valence electrons. The maximum atomic E-state index is 12.9. The van der Waals surface area contributed by atoms with Crippen molar-refractivity contribution in [1.29, 1.82) is 0 Å². The zero-order valence-electron chi connectivity index (χ0n) is 15.9. The van der Waals surface area contributed by atoms with Gasteiger partial charge in [-0.3, -0.25) is 14.6 Å². The van der Waals surface area contributed by atoms with E-state index in [0.29, 0.717) is 6.42 Å². The van der Waals surface area contributed by atoms with Crippen molar-refractivity contribution in [2.45, 2.75) is 31.3 Å². The van der Waals surface area contributed by atoms with Crippen molar-refractivity contribution in [3.05, 3.63) is 48.5 Å². The summed E-state index contributed by atoms with van der Waals surface area (Å²) in [5.41, 5.74) is 0.278. The number of hydrogen-bond acceptors (Lipinski definition) is 6. The highest BCUT2D eigenvalue weighted by Crippen LogP contribution is 2.32. The van der Waals surface area contributed by atoms with Crippen molar-refractivity contribution >= 4 is 23.5 Å². The SMILES string of the molecule is O=C(N[C@H]1CCN2C(=O)N(c3ccc(OC(F)(F)F)cc3)C(=O)[C@H]2C1)c1cnccn1. The van der Waals surface area contributed by atoms with Crippen LogP contribution < -0.4 is 15.0 Å². The number of benzene rings is 1. The molecular formula is C19H16F3N5O4. The summed E-state index contributed by atoms with van der Waals surface area (Å²) in [5, 5.41) is 2.79. The number of fused-ring (bicyclic) bond motifs is 1. The minimum absolute atomic E-state index is 0.138. The highest BCUT2D eigenvalue weighted by Gasteiger charge is 2.48. The van der Waals surface area contributed by atoms with Crippen LogP contribution in [0.3, 0.4) is 0 Å². The van der Waals surface area contributed by atoms with Crippen LogP contribution in [0.4, 0.5) is 23.7 Å². The van der Waals surface area contributed by atoms with Gasteiger partial charge in [0.15, 0.2) is 0 Å². The lowest BCUT2D eigenvalue weighted by Crippen LogP contribution is -2.49. The van der Waals surface area contributed by atoms with Crippen molar-refractivity contribution in [2.24, 2.45) is 0 Å². The lowest BCUT2D eigenvalue weighted by molar-refractivity contribution is -0.274. The molecule has 2 saturated heterocycles. The molecule has 0 saturated carbocycles. The van der Waals surface area contributed by atoms with Crippen molar-refractivity contribution in [1.82, 2.24) is 20.2 Å². The maximum absolute atomic E-state index is 12.9. The summed E-state index contributed by atoms with van der Waals surface area (Å²) < 4.78 is 40.8. The molecule has 4 rings (SSSR count). The minimum atomic E-state index is -4.84. The van der Waals surface area contributed by atoms with Crippen LogP contribution in [-0.4, -0.2) is 57.7 Å². The van der Waals surface area contributed by atoms with E-state index in [-0.39, 0.29) is 30.4 Å². The van der Waals surface area contributed by atoms with Crippen LogP contribution in [-0.2, 0) is 4.79 Å². The first-order chi connectivity index (χ1) is 14.7. The largest absolute Gasteiger partial charge is 0.573 e. The van der Waals surface area contributed by atoms with E-state index in [1.165, 1.54) is 35.6 Å². The fraction of sp³-hybridized carbons (Fsp3) is 0.316. The van der Waals surface area contributed by atoms with E-state index in [0.717, 1.165) is 17.0 Å². The average molecular weight is 435 g/mol. The van der Waals surface area contributed by atoms with E-state index in [1.54, 1.807) is 0 Å². The number of halogens is 3. The Hall–Kier alpha value is -3.70. The Labute approximate surface area is 173 Å². The lowest BCUT2D eigenvalue weighted by atomic mass is 9.98. The summed E-state index contributed by atoms with van der Waals surface area (Å²) >= 11 is 0. The number of urea groups is 1. The number of nitrogens with one attached hydrogen (secondary N) is 1. The minimum Gasteiger partial charge on any atom is -0.406 e. The first-order valence-electron chi connectivity index (χ1n) is 9.30. The molecule has 1 aromatic heterocycles. The number of anilines is 1. The second-order valence-electron chi connectivity index (χ2n) is 6.99. The van der Waals surface area contributed by atoms with Gasteiger partial charge in [0.25, 0.3) is 11.8 Å². The fourth-order valence-electron chi connectivity index (χ4n) is 3.64. The Morgan fingerprint density at radius 1 is 1.16 bits per heavy atom. The summed E-state index contributed by atoms with van der Waals surface area (Å²) in [4.78, 5) is 48.0. The molecule has 0 unspecified atom stereocenters. The molecule has 3 heterocycles. The summed E-state index contributed by atoms with van der Waals surface area (Å²) in [7, 11) is 0. The number of rotatable bonds is 4. The number of carbonyl (C=O) groups excluding carboxylic acids is 3. The van der Waals surface area contributed by atoms with Crippen molar-refractivity contribution in [3.8, 4) is 5.75 Å². The highest BCUT2D eigenvalue weighted by molar-refractivity contribution is 6.21. The van der Waals surface area contributed by atoms with Gasteiger partial charge in [-0.2, -0.15) is 0 Å². The monoisotopic (exact) mass is 435 g/mol. The quantitative estimate of drug-likeness (QED) is 0.738. The molecule has 2 atom stereocenters. The third-order valence-corrected chi connectivity index (χ3v) is 5.00. The number of nitrogens with zero attached hydrogens (tertiary/aromatic N) is 4.